The fourth-order valence-corrected chi connectivity index (χ4v) is 2.02. The van der Waals surface area contributed by atoms with E-state index in [9.17, 15) is 4.79 Å². The molecule has 0 saturated carbocycles. The fourth-order valence-electron chi connectivity index (χ4n) is 2.02. The Labute approximate surface area is 120 Å². The number of amidine groups is 1. The molecule has 1 heterocycles. The number of carbonyl (C=O) groups is 1. The molecule has 21 heavy (non-hydrogen) atoms. The van der Waals surface area contributed by atoms with E-state index >= 15 is 0 Å². The standard InChI is InChI=1S/C15H13N3O3/c16-10-4-5-12-13(7-10)21-8-14(18-12)17-11-3-1-2-9(6-11)15(19)20/h1-7H,8,16H2,(H,17,18)(H,19,20). The van der Waals surface area contributed by atoms with Crippen LogP contribution in [0.3, 0.4) is 0 Å². The second-order valence-electron chi connectivity index (χ2n) is 4.59. The van der Waals surface area contributed by atoms with E-state index in [0.717, 1.165) is 0 Å². The molecule has 6 nitrogen and oxygen atoms in total. The normalized spacial score (nSPS) is 12.9. The number of aromatic carboxylic acids is 1. The van der Waals surface area contributed by atoms with Crippen molar-refractivity contribution in [1.29, 1.82) is 0 Å². The molecule has 0 saturated heterocycles. The van der Waals surface area contributed by atoms with E-state index in [1.54, 1.807) is 36.4 Å². The van der Waals surface area contributed by atoms with Crippen molar-refractivity contribution < 1.29 is 14.6 Å². The number of carboxylic acid groups (broad SMARTS) is 1. The van der Waals surface area contributed by atoms with Crippen molar-refractivity contribution >= 4 is 28.9 Å². The molecule has 0 bridgehead atoms. The summed E-state index contributed by atoms with van der Waals surface area (Å²) in [5.74, 6) is 0.274. The van der Waals surface area contributed by atoms with E-state index < -0.39 is 5.97 Å². The van der Waals surface area contributed by atoms with Gasteiger partial charge < -0.3 is 20.9 Å². The van der Waals surface area contributed by atoms with Gasteiger partial charge in [0.05, 0.1) is 5.56 Å². The van der Waals surface area contributed by atoms with Gasteiger partial charge in [-0.25, -0.2) is 9.79 Å². The van der Waals surface area contributed by atoms with E-state index in [4.69, 9.17) is 15.6 Å². The number of nitrogens with zero attached hydrogens (tertiary/aromatic N) is 1. The number of ether oxygens (including phenoxy) is 1. The van der Waals surface area contributed by atoms with Crippen LogP contribution in [0.25, 0.3) is 0 Å². The summed E-state index contributed by atoms with van der Waals surface area (Å²) in [4.78, 5) is 15.4. The van der Waals surface area contributed by atoms with Gasteiger partial charge in [0.2, 0.25) is 0 Å². The number of hydrogen-bond acceptors (Lipinski definition) is 5. The zero-order valence-electron chi connectivity index (χ0n) is 11.0. The Bertz CT molecular complexity index is 741. The number of nitrogens with one attached hydrogen (secondary N) is 1. The molecular formula is C15H13N3O3. The van der Waals surface area contributed by atoms with Crippen molar-refractivity contribution in [2.75, 3.05) is 17.7 Å². The summed E-state index contributed by atoms with van der Waals surface area (Å²) in [7, 11) is 0. The summed E-state index contributed by atoms with van der Waals surface area (Å²) in [6.07, 6.45) is 0. The van der Waals surface area contributed by atoms with Crippen LogP contribution in [0.15, 0.2) is 47.5 Å². The van der Waals surface area contributed by atoms with Crippen LogP contribution in [0, 0.1) is 0 Å². The largest absolute Gasteiger partial charge is 0.483 e. The summed E-state index contributed by atoms with van der Waals surface area (Å²) < 4.78 is 5.58. The van der Waals surface area contributed by atoms with Crippen molar-refractivity contribution in [1.82, 2.24) is 0 Å². The van der Waals surface area contributed by atoms with E-state index in [1.807, 2.05) is 0 Å². The predicted octanol–water partition coefficient (Wildman–Crippen LogP) is 2.50. The molecule has 106 valence electrons. The first-order valence-electron chi connectivity index (χ1n) is 6.32. The summed E-state index contributed by atoms with van der Waals surface area (Å²) >= 11 is 0. The first kappa shape index (κ1) is 13.0. The second kappa shape index (κ2) is 5.16. The van der Waals surface area contributed by atoms with Crippen molar-refractivity contribution in [2.45, 2.75) is 0 Å². The van der Waals surface area contributed by atoms with Gasteiger partial charge in [-0.15, -0.1) is 0 Å². The highest BCUT2D eigenvalue weighted by Crippen LogP contribution is 2.32. The lowest BCUT2D eigenvalue weighted by Gasteiger charge is -2.18. The van der Waals surface area contributed by atoms with Crippen molar-refractivity contribution in [2.24, 2.45) is 4.99 Å². The molecule has 4 N–H and O–H groups in total. The minimum atomic E-state index is -0.971. The number of hydrogen-bond donors (Lipinski definition) is 3. The molecule has 0 unspecified atom stereocenters. The number of nitrogen functional groups attached to an aromatic ring is 1. The van der Waals surface area contributed by atoms with Crippen molar-refractivity contribution in [3.63, 3.8) is 0 Å². The molecule has 6 heteroatoms. The number of fused-ring (bicyclic) bond motifs is 1. The Hall–Kier alpha value is -3.02. The third-order valence-electron chi connectivity index (χ3n) is 3.00. The Balaban J connectivity index is 1.84. The topological polar surface area (TPSA) is 96.9 Å². The lowest BCUT2D eigenvalue weighted by Crippen LogP contribution is -2.23. The predicted molar refractivity (Wildman–Crippen MR) is 80.5 cm³/mol. The number of benzene rings is 2. The van der Waals surface area contributed by atoms with Gasteiger partial charge in [-0.2, -0.15) is 0 Å². The van der Waals surface area contributed by atoms with Crippen LogP contribution in [0.5, 0.6) is 5.75 Å². The molecule has 0 aromatic heterocycles. The van der Waals surface area contributed by atoms with E-state index in [1.165, 1.54) is 6.07 Å². The van der Waals surface area contributed by atoms with Crippen molar-refractivity contribution in [3.05, 3.63) is 48.0 Å². The van der Waals surface area contributed by atoms with Crippen LogP contribution >= 0.6 is 0 Å². The Morgan fingerprint density at radius 1 is 1.29 bits per heavy atom. The van der Waals surface area contributed by atoms with Gasteiger partial charge in [-0.05, 0) is 30.3 Å². The third kappa shape index (κ3) is 2.79. The molecule has 0 atom stereocenters. The number of rotatable bonds is 2. The zero-order chi connectivity index (χ0) is 14.8. The molecule has 0 spiro atoms. The summed E-state index contributed by atoms with van der Waals surface area (Å²) in [6, 6.07) is 11.8. The average Bonchev–Trinajstić information content (AvgIpc) is 2.48. The van der Waals surface area contributed by atoms with E-state index in [0.29, 0.717) is 28.6 Å². The van der Waals surface area contributed by atoms with Gasteiger partial charge in [0.15, 0.2) is 0 Å². The van der Waals surface area contributed by atoms with Gasteiger partial charge >= 0.3 is 5.97 Å². The molecular weight excluding hydrogens is 270 g/mol. The van der Waals surface area contributed by atoms with Crippen LogP contribution in [0.1, 0.15) is 10.4 Å². The molecule has 1 aliphatic rings. The van der Waals surface area contributed by atoms with E-state index in [-0.39, 0.29) is 12.2 Å². The molecule has 2 aromatic carbocycles. The molecule has 0 amide bonds. The van der Waals surface area contributed by atoms with Gasteiger partial charge in [0.25, 0.3) is 0 Å². The minimum absolute atomic E-state index is 0.213. The maximum atomic E-state index is 10.9. The molecule has 0 radical (unpaired) electrons. The van der Waals surface area contributed by atoms with Crippen LogP contribution in [0.4, 0.5) is 17.1 Å². The van der Waals surface area contributed by atoms with Gasteiger partial charge in [-0.3, -0.25) is 0 Å². The number of nitrogens with two attached hydrogens (primary N) is 1. The number of carboxylic acids is 1. The second-order valence-corrected chi connectivity index (χ2v) is 4.59. The van der Waals surface area contributed by atoms with E-state index in [2.05, 4.69) is 10.3 Å². The maximum Gasteiger partial charge on any atom is 0.335 e. The lowest BCUT2D eigenvalue weighted by molar-refractivity contribution is 0.0697. The Morgan fingerprint density at radius 3 is 2.95 bits per heavy atom. The Morgan fingerprint density at radius 2 is 2.14 bits per heavy atom. The molecule has 2 aromatic rings. The average molecular weight is 283 g/mol. The first-order valence-corrected chi connectivity index (χ1v) is 6.32. The van der Waals surface area contributed by atoms with Crippen LogP contribution in [-0.4, -0.2) is 23.5 Å². The minimum Gasteiger partial charge on any atom is -0.483 e. The highest BCUT2D eigenvalue weighted by atomic mass is 16.5. The third-order valence-corrected chi connectivity index (χ3v) is 3.00. The van der Waals surface area contributed by atoms with Crippen molar-refractivity contribution in [3.8, 4) is 5.75 Å². The number of aliphatic imine (C=N–C) groups is 1. The summed E-state index contributed by atoms with van der Waals surface area (Å²) in [6.45, 7) is 0.272. The fraction of sp³-hybridized carbons (Fsp3) is 0.0667. The summed E-state index contributed by atoms with van der Waals surface area (Å²) in [5, 5.41) is 12.0. The molecule has 0 aliphatic carbocycles. The van der Waals surface area contributed by atoms with Gasteiger partial charge in [-0.1, -0.05) is 6.07 Å². The Kier molecular flexibility index (Phi) is 3.19. The highest BCUT2D eigenvalue weighted by Gasteiger charge is 2.14. The first-order chi connectivity index (χ1) is 10.1. The number of anilines is 2. The smallest absolute Gasteiger partial charge is 0.335 e. The van der Waals surface area contributed by atoms with Gasteiger partial charge in [0, 0.05) is 17.4 Å². The lowest BCUT2D eigenvalue weighted by atomic mass is 10.2. The highest BCUT2D eigenvalue weighted by molar-refractivity contribution is 6.00. The zero-order valence-corrected chi connectivity index (χ0v) is 11.0. The SMILES string of the molecule is Nc1ccc2c(c1)OCC(Nc1cccc(C(=O)O)c1)=N2. The molecule has 3 rings (SSSR count). The van der Waals surface area contributed by atoms with Crippen LogP contribution in [0.2, 0.25) is 0 Å². The van der Waals surface area contributed by atoms with Crippen LogP contribution < -0.4 is 15.8 Å². The summed E-state index contributed by atoms with van der Waals surface area (Å²) in [5.41, 5.74) is 7.86. The quantitative estimate of drug-likeness (QED) is 0.736. The molecule has 1 aliphatic heterocycles. The van der Waals surface area contributed by atoms with Gasteiger partial charge in [0.1, 0.15) is 23.9 Å². The molecule has 0 fully saturated rings. The monoisotopic (exact) mass is 283 g/mol. The van der Waals surface area contributed by atoms with Crippen LogP contribution in [-0.2, 0) is 0 Å². The maximum absolute atomic E-state index is 10.9.